The third-order valence-electron chi connectivity index (χ3n) is 2.43. The molecule has 0 amide bonds. The normalized spacial score (nSPS) is 11.8. The summed E-state index contributed by atoms with van der Waals surface area (Å²) in [6, 6.07) is 6.62. The van der Waals surface area contributed by atoms with Crippen molar-refractivity contribution >= 4 is 15.7 Å². The zero-order valence-electron chi connectivity index (χ0n) is 11.4. The van der Waals surface area contributed by atoms with Crippen LogP contribution in [0, 0.1) is 5.92 Å². The van der Waals surface area contributed by atoms with Crippen molar-refractivity contribution < 1.29 is 13.2 Å². The predicted octanol–water partition coefficient (Wildman–Crippen LogP) is 1.81. The van der Waals surface area contributed by atoms with Gasteiger partial charge in [0.2, 0.25) is 10.0 Å². The number of sulfonamides is 1. The predicted molar refractivity (Wildman–Crippen MR) is 76.6 cm³/mol. The molecular formula is C13H22N2O3S. The summed E-state index contributed by atoms with van der Waals surface area (Å²) in [7, 11) is -3.69. The lowest BCUT2D eigenvalue weighted by Crippen LogP contribution is -2.16. The van der Waals surface area contributed by atoms with E-state index in [2.05, 4.69) is 19.2 Å². The SMILES string of the molecule is CC(C)COCCCNc1ccccc1S(N)(=O)=O. The van der Waals surface area contributed by atoms with Crippen LogP contribution in [0.5, 0.6) is 0 Å². The molecule has 0 saturated heterocycles. The van der Waals surface area contributed by atoms with E-state index in [1.807, 2.05) is 0 Å². The standard InChI is InChI=1S/C13H22N2O3S/c1-11(2)10-18-9-5-8-15-12-6-3-4-7-13(12)19(14,16)17/h3-4,6-7,11,15H,5,8-10H2,1-2H3,(H2,14,16,17). The lowest BCUT2D eigenvalue weighted by molar-refractivity contribution is 0.110. The van der Waals surface area contributed by atoms with E-state index < -0.39 is 10.0 Å². The number of benzene rings is 1. The molecule has 1 rings (SSSR count). The van der Waals surface area contributed by atoms with Crippen LogP contribution in [-0.2, 0) is 14.8 Å². The van der Waals surface area contributed by atoms with Gasteiger partial charge < -0.3 is 10.1 Å². The Balaban J connectivity index is 2.42. The molecule has 0 bridgehead atoms. The molecule has 108 valence electrons. The van der Waals surface area contributed by atoms with Crippen molar-refractivity contribution in [3.63, 3.8) is 0 Å². The summed E-state index contributed by atoms with van der Waals surface area (Å²) >= 11 is 0. The summed E-state index contributed by atoms with van der Waals surface area (Å²) in [6.45, 7) is 6.24. The van der Waals surface area contributed by atoms with Crippen LogP contribution in [0.25, 0.3) is 0 Å². The van der Waals surface area contributed by atoms with Crippen LogP contribution in [0.3, 0.4) is 0 Å². The molecule has 0 radical (unpaired) electrons. The maximum Gasteiger partial charge on any atom is 0.240 e. The number of hydrogen-bond donors (Lipinski definition) is 2. The Labute approximate surface area is 115 Å². The van der Waals surface area contributed by atoms with E-state index in [4.69, 9.17) is 9.88 Å². The van der Waals surface area contributed by atoms with Gasteiger partial charge in [-0.05, 0) is 24.5 Å². The summed E-state index contributed by atoms with van der Waals surface area (Å²) in [5.41, 5.74) is 0.536. The molecule has 6 heteroatoms. The van der Waals surface area contributed by atoms with Crippen LogP contribution < -0.4 is 10.5 Å². The minimum atomic E-state index is -3.69. The van der Waals surface area contributed by atoms with Crippen molar-refractivity contribution in [2.45, 2.75) is 25.2 Å². The largest absolute Gasteiger partial charge is 0.384 e. The smallest absolute Gasteiger partial charge is 0.240 e. The summed E-state index contributed by atoms with van der Waals surface area (Å²) in [5.74, 6) is 0.524. The van der Waals surface area contributed by atoms with Gasteiger partial charge in [-0.2, -0.15) is 0 Å². The molecule has 5 nitrogen and oxygen atoms in total. The van der Waals surface area contributed by atoms with Crippen molar-refractivity contribution in [1.29, 1.82) is 0 Å². The summed E-state index contributed by atoms with van der Waals surface area (Å²) in [5, 5.41) is 8.22. The van der Waals surface area contributed by atoms with Gasteiger partial charge in [0.25, 0.3) is 0 Å². The first-order valence-corrected chi connectivity index (χ1v) is 7.89. The number of primary sulfonamides is 1. The number of rotatable bonds is 8. The molecule has 0 atom stereocenters. The Morgan fingerprint density at radius 2 is 2.00 bits per heavy atom. The number of anilines is 1. The molecule has 1 aromatic rings. The van der Waals surface area contributed by atoms with E-state index in [-0.39, 0.29) is 4.90 Å². The number of para-hydroxylation sites is 1. The molecule has 0 saturated carbocycles. The number of nitrogens with one attached hydrogen (secondary N) is 1. The fraction of sp³-hybridized carbons (Fsp3) is 0.538. The first kappa shape index (κ1) is 15.9. The Bertz CT molecular complexity index is 486. The van der Waals surface area contributed by atoms with Crippen molar-refractivity contribution in [1.82, 2.24) is 0 Å². The molecule has 0 heterocycles. The van der Waals surface area contributed by atoms with Crippen LogP contribution in [0.4, 0.5) is 5.69 Å². The van der Waals surface area contributed by atoms with Crippen LogP contribution in [0.15, 0.2) is 29.2 Å². The van der Waals surface area contributed by atoms with Gasteiger partial charge >= 0.3 is 0 Å². The van der Waals surface area contributed by atoms with Gasteiger partial charge in [0, 0.05) is 19.8 Å². The first-order valence-electron chi connectivity index (χ1n) is 6.34. The highest BCUT2D eigenvalue weighted by atomic mass is 32.2. The van der Waals surface area contributed by atoms with E-state index in [1.165, 1.54) is 6.07 Å². The van der Waals surface area contributed by atoms with Crippen LogP contribution in [0.2, 0.25) is 0 Å². The molecule has 0 unspecified atom stereocenters. The highest BCUT2D eigenvalue weighted by Crippen LogP contribution is 2.18. The van der Waals surface area contributed by atoms with Gasteiger partial charge in [0.05, 0.1) is 5.69 Å². The molecular weight excluding hydrogens is 264 g/mol. The second-order valence-electron chi connectivity index (χ2n) is 4.79. The minimum absolute atomic E-state index is 0.123. The lowest BCUT2D eigenvalue weighted by atomic mass is 10.2. The molecule has 0 aliphatic rings. The van der Waals surface area contributed by atoms with Gasteiger partial charge in [0.15, 0.2) is 0 Å². The second kappa shape index (κ2) is 7.47. The third kappa shape index (κ3) is 6.04. The molecule has 1 aromatic carbocycles. The van der Waals surface area contributed by atoms with E-state index in [1.54, 1.807) is 18.2 Å². The fourth-order valence-corrected chi connectivity index (χ4v) is 2.29. The van der Waals surface area contributed by atoms with E-state index >= 15 is 0 Å². The van der Waals surface area contributed by atoms with E-state index in [0.29, 0.717) is 24.8 Å². The second-order valence-corrected chi connectivity index (χ2v) is 6.32. The molecule has 19 heavy (non-hydrogen) atoms. The summed E-state index contributed by atoms with van der Waals surface area (Å²) < 4.78 is 28.2. The van der Waals surface area contributed by atoms with Gasteiger partial charge in [-0.1, -0.05) is 26.0 Å². The molecule has 0 aliphatic heterocycles. The van der Waals surface area contributed by atoms with Crippen molar-refractivity contribution in [2.75, 3.05) is 25.1 Å². The zero-order chi connectivity index (χ0) is 14.3. The van der Waals surface area contributed by atoms with Gasteiger partial charge in [-0.25, -0.2) is 13.6 Å². The highest BCUT2D eigenvalue weighted by Gasteiger charge is 2.12. The molecule has 0 aliphatic carbocycles. The Kier molecular flexibility index (Phi) is 6.27. The Morgan fingerprint density at radius 3 is 2.63 bits per heavy atom. The topological polar surface area (TPSA) is 81.4 Å². The zero-order valence-corrected chi connectivity index (χ0v) is 12.2. The molecule has 0 fully saturated rings. The van der Waals surface area contributed by atoms with Crippen LogP contribution >= 0.6 is 0 Å². The van der Waals surface area contributed by atoms with Crippen molar-refractivity contribution in [3.05, 3.63) is 24.3 Å². The third-order valence-corrected chi connectivity index (χ3v) is 3.39. The maximum atomic E-state index is 11.4. The summed E-state index contributed by atoms with van der Waals surface area (Å²) in [6.07, 6.45) is 0.811. The molecule has 3 N–H and O–H groups in total. The van der Waals surface area contributed by atoms with Gasteiger partial charge in [-0.15, -0.1) is 0 Å². The average molecular weight is 286 g/mol. The fourth-order valence-electron chi connectivity index (χ4n) is 1.58. The van der Waals surface area contributed by atoms with Crippen LogP contribution in [0.1, 0.15) is 20.3 Å². The monoisotopic (exact) mass is 286 g/mol. The van der Waals surface area contributed by atoms with E-state index in [0.717, 1.165) is 13.0 Å². The number of hydrogen-bond acceptors (Lipinski definition) is 4. The molecule has 0 spiro atoms. The van der Waals surface area contributed by atoms with E-state index in [9.17, 15) is 8.42 Å². The highest BCUT2D eigenvalue weighted by molar-refractivity contribution is 7.89. The lowest BCUT2D eigenvalue weighted by Gasteiger charge is -2.11. The Hall–Kier alpha value is -1.11. The van der Waals surface area contributed by atoms with Crippen LogP contribution in [-0.4, -0.2) is 28.2 Å². The quantitative estimate of drug-likeness (QED) is 0.714. The van der Waals surface area contributed by atoms with Crippen molar-refractivity contribution in [2.24, 2.45) is 11.1 Å². The first-order chi connectivity index (χ1) is 8.91. The summed E-state index contributed by atoms with van der Waals surface area (Å²) in [4.78, 5) is 0.123. The Morgan fingerprint density at radius 1 is 1.32 bits per heavy atom. The van der Waals surface area contributed by atoms with Gasteiger partial charge in [0.1, 0.15) is 4.90 Å². The minimum Gasteiger partial charge on any atom is -0.384 e. The average Bonchev–Trinajstić information content (AvgIpc) is 2.32. The maximum absolute atomic E-state index is 11.4. The van der Waals surface area contributed by atoms with Crippen molar-refractivity contribution in [3.8, 4) is 0 Å². The number of ether oxygens (including phenoxy) is 1. The molecule has 0 aromatic heterocycles. The van der Waals surface area contributed by atoms with Gasteiger partial charge in [-0.3, -0.25) is 0 Å². The number of nitrogens with two attached hydrogens (primary N) is 1.